The largest absolute Gasteiger partial charge is 0.507 e. The molecular formula is C27H31N3O6S. The molecule has 10 heteroatoms. The molecule has 3 aliphatic heterocycles. The van der Waals surface area contributed by atoms with Gasteiger partial charge in [-0.1, -0.05) is 30.3 Å². The SMILES string of the molecule is O=C1C(=O)N(CCN2CCOCC2)[C@H](c2ccccc2)C1=C(O)c1ccc(S(=O)(=O)N2CCCC2)cc1. The van der Waals surface area contributed by atoms with Gasteiger partial charge in [0.1, 0.15) is 5.76 Å². The first kappa shape index (κ1) is 25.6. The fraction of sp³-hybridized carbons (Fsp3) is 0.407. The number of likely N-dealkylation sites (tertiary alicyclic amines) is 1. The van der Waals surface area contributed by atoms with E-state index in [1.165, 1.54) is 33.5 Å². The maximum Gasteiger partial charge on any atom is 0.295 e. The molecule has 37 heavy (non-hydrogen) atoms. The van der Waals surface area contributed by atoms with Gasteiger partial charge in [0.15, 0.2) is 0 Å². The molecular weight excluding hydrogens is 494 g/mol. The molecule has 5 rings (SSSR count). The summed E-state index contributed by atoms with van der Waals surface area (Å²) in [5, 5.41) is 11.3. The maximum absolute atomic E-state index is 13.2. The van der Waals surface area contributed by atoms with E-state index in [1.54, 1.807) is 0 Å². The van der Waals surface area contributed by atoms with Crippen molar-refractivity contribution in [3.05, 3.63) is 71.3 Å². The molecule has 3 heterocycles. The molecule has 1 amide bonds. The summed E-state index contributed by atoms with van der Waals surface area (Å²) in [6.45, 7) is 4.68. The summed E-state index contributed by atoms with van der Waals surface area (Å²) >= 11 is 0. The van der Waals surface area contributed by atoms with Crippen LogP contribution in [0.3, 0.4) is 0 Å². The van der Waals surface area contributed by atoms with Crippen LogP contribution in [0.25, 0.3) is 5.76 Å². The van der Waals surface area contributed by atoms with Gasteiger partial charge in [-0.15, -0.1) is 0 Å². The Morgan fingerprint density at radius 3 is 2.19 bits per heavy atom. The summed E-state index contributed by atoms with van der Waals surface area (Å²) in [7, 11) is -3.61. The van der Waals surface area contributed by atoms with Crippen LogP contribution in [0.4, 0.5) is 0 Å². The standard InChI is InChI=1S/C27H31N3O6S/c31-25(21-8-10-22(11-9-21)37(34,35)29-12-4-5-13-29)23-24(20-6-2-1-3-7-20)30(27(33)26(23)32)15-14-28-16-18-36-19-17-28/h1-3,6-11,24,31H,4-5,12-19H2/t24-/m1/s1. The molecule has 0 bridgehead atoms. The first-order valence-electron chi connectivity index (χ1n) is 12.6. The Morgan fingerprint density at radius 1 is 0.892 bits per heavy atom. The average molecular weight is 526 g/mol. The molecule has 2 aromatic carbocycles. The van der Waals surface area contributed by atoms with Crippen LogP contribution in [0.1, 0.15) is 30.0 Å². The van der Waals surface area contributed by atoms with Crippen molar-refractivity contribution < 1.29 is 27.9 Å². The van der Waals surface area contributed by atoms with E-state index in [0.29, 0.717) is 39.4 Å². The van der Waals surface area contributed by atoms with Gasteiger partial charge in [-0.2, -0.15) is 4.31 Å². The number of sulfonamides is 1. The van der Waals surface area contributed by atoms with Crippen molar-refractivity contribution in [3.8, 4) is 0 Å². The van der Waals surface area contributed by atoms with E-state index >= 15 is 0 Å². The number of carbonyl (C=O) groups excluding carboxylic acids is 2. The molecule has 3 aliphatic rings. The quantitative estimate of drug-likeness (QED) is 0.336. The number of ether oxygens (including phenoxy) is 1. The predicted octanol–water partition coefficient (Wildman–Crippen LogP) is 2.23. The van der Waals surface area contributed by atoms with Crippen molar-refractivity contribution in [2.24, 2.45) is 0 Å². The van der Waals surface area contributed by atoms with Crippen LogP contribution in [-0.2, 0) is 24.3 Å². The van der Waals surface area contributed by atoms with Crippen molar-refractivity contribution in [1.29, 1.82) is 0 Å². The van der Waals surface area contributed by atoms with Crippen molar-refractivity contribution in [1.82, 2.24) is 14.1 Å². The number of hydrogen-bond acceptors (Lipinski definition) is 7. The van der Waals surface area contributed by atoms with Gasteiger partial charge in [0.25, 0.3) is 11.7 Å². The van der Waals surface area contributed by atoms with Gasteiger partial charge < -0.3 is 14.7 Å². The third-order valence-electron chi connectivity index (χ3n) is 7.25. The van der Waals surface area contributed by atoms with Gasteiger partial charge in [0.2, 0.25) is 10.0 Å². The number of amides is 1. The summed E-state index contributed by atoms with van der Waals surface area (Å²) in [5.74, 6) is -1.72. The molecule has 0 saturated carbocycles. The Hall–Kier alpha value is -3.05. The minimum atomic E-state index is -3.61. The number of ketones is 1. The second-order valence-corrected chi connectivity index (χ2v) is 11.4. The van der Waals surface area contributed by atoms with Crippen LogP contribution in [-0.4, -0.2) is 91.8 Å². The fourth-order valence-corrected chi connectivity index (χ4v) is 6.70. The number of rotatable bonds is 7. The lowest BCUT2D eigenvalue weighted by Gasteiger charge is -2.31. The van der Waals surface area contributed by atoms with E-state index in [4.69, 9.17) is 4.74 Å². The lowest BCUT2D eigenvalue weighted by atomic mass is 9.95. The topological polar surface area (TPSA) is 107 Å². The Balaban J connectivity index is 1.47. The van der Waals surface area contributed by atoms with Crippen molar-refractivity contribution >= 4 is 27.5 Å². The van der Waals surface area contributed by atoms with Crippen LogP contribution in [0.2, 0.25) is 0 Å². The maximum atomic E-state index is 13.2. The molecule has 0 aliphatic carbocycles. The molecule has 1 N–H and O–H groups in total. The van der Waals surface area contributed by atoms with Crippen LogP contribution in [0, 0.1) is 0 Å². The number of carbonyl (C=O) groups is 2. The number of nitrogens with zero attached hydrogens (tertiary/aromatic N) is 3. The van der Waals surface area contributed by atoms with E-state index in [1.807, 2.05) is 30.3 Å². The third kappa shape index (κ3) is 5.06. The molecule has 0 spiro atoms. The van der Waals surface area contributed by atoms with E-state index in [-0.39, 0.29) is 21.8 Å². The molecule has 9 nitrogen and oxygen atoms in total. The highest BCUT2D eigenvalue weighted by Gasteiger charge is 2.46. The Kier molecular flexibility index (Phi) is 7.43. The van der Waals surface area contributed by atoms with Crippen LogP contribution in [0.5, 0.6) is 0 Å². The Bertz CT molecular complexity index is 1280. The monoisotopic (exact) mass is 525 g/mol. The Morgan fingerprint density at radius 2 is 1.54 bits per heavy atom. The molecule has 2 aromatic rings. The molecule has 3 saturated heterocycles. The van der Waals surface area contributed by atoms with Crippen LogP contribution >= 0.6 is 0 Å². The van der Waals surface area contributed by atoms with Gasteiger partial charge in [-0.25, -0.2) is 8.42 Å². The van der Waals surface area contributed by atoms with E-state index in [2.05, 4.69) is 4.90 Å². The number of benzene rings is 2. The van der Waals surface area contributed by atoms with Gasteiger partial charge >= 0.3 is 0 Å². The average Bonchev–Trinajstić information content (AvgIpc) is 3.56. The van der Waals surface area contributed by atoms with Crippen LogP contribution < -0.4 is 0 Å². The second-order valence-electron chi connectivity index (χ2n) is 9.49. The van der Waals surface area contributed by atoms with Crippen LogP contribution in [0.15, 0.2) is 65.1 Å². The lowest BCUT2D eigenvalue weighted by Crippen LogP contribution is -2.42. The summed E-state index contributed by atoms with van der Waals surface area (Å²) in [6.07, 6.45) is 1.67. The number of aliphatic hydroxyl groups excluding tert-OH is 1. The van der Waals surface area contributed by atoms with Crippen molar-refractivity contribution in [3.63, 3.8) is 0 Å². The highest BCUT2D eigenvalue weighted by molar-refractivity contribution is 7.89. The number of hydrogen-bond donors (Lipinski definition) is 1. The minimum absolute atomic E-state index is 0.00771. The van der Waals surface area contributed by atoms with Crippen molar-refractivity contribution in [2.75, 3.05) is 52.5 Å². The fourth-order valence-electron chi connectivity index (χ4n) is 5.18. The molecule has 196 valence electrons. The Labute approximate surface area is 217 Å². The molecule has 0 radical (unpaired) electrons. The molecule has 1 atom stereocenters. The zero-order valence-corrected chi connectivity index (χ0v) is 21.4. The molecule has 0 aromatic heterocycles. The lowest BCUT2D eigenvalue weighted by molar-refractivity contribution is -0.140. The zero-order valence-electron chi connectivity index (χ0n) is 20.6. The third-order valence-corrected chi connectivity index (χ3v) is 9.16. The summed E-state index contributed by atoms with van der Waals surface area (Å²) in [5.41, 5.74) is 1.01. The molecule has 0 unspecified atom stereocenters. The van der Waals surface area contributed by atoms with Gasteiger partial charge in [-0.3, -0.25) is 14.5 Å². The molecule has 3 fully saturated rings. The van der Waals surface area contributed by atoms with Gasteiger partial charge in [0, 0.05) is 44.8 Å². The first-order chi connectivity index (χ1) is 17.9. The number of Topliss-reactive ketones (excluding diaryl/α,β-unsaturated/α-hetero) is 1. The summed E-state index contributed by atoms with van der Waals surface area (Å²) in [6, 6.07) is 14.3. The first-order valence-corrected chi connectivity index (χ1v) is 14.1. The van der Waals surface area contributed by atoms with E-state index in [0.717, 1.165) is 31.5 Å². The second kappa shape index (κ2) is 10.7. The minimum Gasteiger partial charge on any atom is -0.507 e. The van der Waals surface area contributed by atoms with Gasteiger partial charge in [-0.05, 0) is 42.7 Å². The number of morpholine rings is 1. The van der Waals surface area contributed by atoms with Crippen molar-refractivity contribution in [2.45, 2.75) is 23.8 Å². The smallest absolute Gasteiger partial charge is 0.295 e. The van der Waals surface area contributed by atoms with E-state index in [9.17, 15) is 23.1 Å². The predicted molar refractivity (Wildman–Crippen MR) is 137 cm³/mol. The highest BCUT2D eigenvalue weighted by atomic mass is 32.2. The normalized spacial score (nSPS) is 23.1. The van der Waals surface area contributed by atoms with E-state index < -0.39 is 27.8 Å². The number of aliphatic hydroxyl groups is 1. The summed E-state index contributed by atoms with van der Waals surface area (Å²) in [4.78, 5) is 30.2. The summed E-state index contributed by atoms with van der Waals surface area (Å²) < 4.78 is 32.6. The van der Waals surface area contributed by atoms with Gasteiger partial charge in [0.05, 0.1) is 29.7 Å². The highest BCUT2D eigenvalue weighted by Crippen LogP contribution is 2.39. The zero-order chi connectivity index (χ0) is 26.0.